The van der Waals surface area contributed by atoms with Crippen molar-refractivity contribution in [2.45, 2.75) is 43.5 Å². The molecule has 3 aliphatic heterocycles. The minimum Gasteiger partial charge on any atom is -0.379 e. The molecule has 1 aromatic carbocycles. The third-order valence-corrected chi connectivity index (χ3v) is 9.26. The molecule has 3 saturated heterocycles. The first-order chi connectivity index (χ1) is 19.1. The number of aromatic nitrogens is 1. The van der Waals surface area contributed by atoms with Gasteiger partial charge in [-0.3, -0.25) is 14.4 Å². The molecule has 1 aromatic heterocycles. The average Bonchev–Trinajstić information content (AvgIpc) is 3.61. The number of rotatable bonds is 7. The minimum atomic E-state index is -1.12. The quantitative estimate of drug-likeness (QED) is 0.486. The molecule has 216 valence electrons. The number of hydrogen-bond donors (Lipinski definition) is 1. The Hall–Kier alpha value is -2.64. The number of alkyl halides is 1. The first-order valence-electron chi connectivity index (χ1n) is 13.2. The summed E-state index contributed by atoms with van der Waals surface area (Å²) in [5, 5.41) is 2.99. The van der Waals surface area contributed by atoms with E-state index in [9.17, 15) is 14.4 Å². The Morgan fingerprint density at radius 2 is 2.00 bits per heavy atom. The maximum absolute atomic E-state index is 15.4. The van der Waals surface area contributed by atoms with Crippen LogP contribution in [0.5, 0.6) is 0 Å². The molecule has 0 saturated carbocycles. The zero-order chi connectivity index (χ0) is 28.7. The van der Waals surface area contributed by atoms with Crippen molar-refractivity contribution in [2.24, 2.45) is 0 Å². The second-order valence-corrected chi connectivity index (χ2v) is 12.2. The number of ketones is 1. The van der Waals surface area contributed by atoms with Gasteiger partial charge in [0.05, 0.1) is 17.2 Å². The van der Waals surface area contributed by atoms with Crippen molar-refractivity contribution in [2.75, 3.05) is 58.4 Å². The topological polar surface area (TPSA) is 104 Å². The zero-order valence-electron chi connectivity index (χ0n) is 22.9. The Morgan fingerprint density at radius 1 is 1.27 bits per heavy atom. The van der Waals surface area contributed by atoms with Crippen molar-refractivity contribution in [3.8, 4) is 11.3 Å². The lowest BCUT2D eigenvalue weighted by molar-refractivity contribution is -0.140. The molecule has 1 N–H and O–H groups in total. The molecule has 5 atom stereocenters. The summed E-state index contributed by atoms with van der Waals surface area (Å²) in [5.41, 5.74) is 0.899. The van der Waals surface area contributed by atoms with Gasteiger partial charge in [-0.1, -0.05) is 0 Å². The molecule has 3 aliphatic rings. The van der Waals surface area contributed by atoms with E-state index in [2.05, 4.69) is 22.2 Å². The molecular weight excluding hydrogens is 561 g/mol. The van der Waals surface area contributed by atoms with Crippen molar-refractivity contribution < 1.29 is 28.2 Å². The molecule has 2 aromatic rings. The average molecular weight is 594 g/mol. The summed E-state index contributed by atoms with van der Waals surface area (Å²) in [7, 11) is 3.50. The van der Waals surface area contributed by atoms with E-state index < -0.39 is 47.3 Å². The standard InChI is InChI=1S/C27H33ClFN5O5S/c1-14(38-4)21(26(37)34-12-18(28)24-23(34)20(35)13-39-24)30-25(36)16-5-6-17(19(29)11-16)22-15(2)40-27(31-22)33-9-7-32(3)8-10-33/h5-6,11,14,18,21,23-24H,7-10,12-13H2,1-4H3,(H,30,36). The molecule has 0 spiro atoms. The van der Waals surface area contributed by atoms with E-state index in [1.165, 1.54) is 35.5 Å². The van der Waals surface area contributed by atoms with Crippen LogP contribution in [0.4, 0.5) is 9.52 Å². The molecule has 5 unspecified atom stereocenters. The molecule has 0 radical (unpaired) electrons. The van der Waals surface area contributed by atoms with Gasteiger partial charge in [-0.25, -0.2) is 9.37 Å². The van der Waals surface area contributed by atoms with Crippen LogP contribution in [0.3, 0.4) is 0 Å². The number of thiazole rings is 1. The maximum atomic E-state index is 15.4. The fourth-order valence-electron chi connectivity index (χ4n) is 5.36. The first kappa shape index (κ1) is 28.9. The summed E-state index contributed by atoms with van der Waals surface area (Å²) < 4.78 is 26.2. The number of carbonyl (C=O) groups excluding carboxylic acids is 3. The van der Waals surface area contributed by atoms with Gasteiger partial charge in [0.15, 0.2) is 10.9 Å². The van der Waals surface area contributed by atoms with Gasteiger partial charge >= 0.3 is 0 Å². The number of fused-ring (bicyclic) bond motifs is 1. The molecule has 3 fully saturated rings. The molecule has 5 rings (SSSR count). The molecule has 13 heteroatoms. The van der Waals surface area contributed by atoms with Gasteiger partial charge in [0, 0.05) is 55.8 Å². The van der Waals surface area contributed by atoms with Gasteiger partial charge in [-0.05, 0) is 39.1 Å². The summed E-state index contributed by atoms with van der Waals surface area (Å²) in [6.45, 7) is 7.12. The minimum absolute atomic E-state index is 0.0457. The van der Waals surface area contributed by atoms with E-state index in [-0.39, 0.29) is 24.5 Å². The summed E-state index contributed by atoms with van der Waals surface area (Å²) in [5.74, 6) is -1.98. The lowest BCUT2D eigenvalue weighted by Crippen LogP contribution is -2.56. The number of methoxy groups -OCH3 is 1. The highest BCUT2D eigenvalue weighted by Gasteiger charge is 2.53. The number of piperazine rings is 1. The highest BCUT2D eigenvalue weighted by molar-refractivity contribution is 7.16. The third kappa shape index (κ3) is 5.47. The van der Waals surface area contributed by atoms with Crippen molar-refractivity contribution in [3.63, 3.8) is 0 Å². The number of amides is 2. The highest BCUT2D eigenvalue weighted by atomic mass is 35.5. The van der Waals surface area contributed by atoms with Crippen LogP contribution in [0.1, 0.15) is 22.2 Å². The number of nitrogens with zero attached hydrogens (tertiary/aromatic N) is 4. The Labute approximate surface area is 241 Å². The Balaban J connectivity index is 1.33. The van der Waals surface area contributed by atoms with Gasteiger partial charge < -0.3 is 29.5 Å². The molecule has 4 heterocycles. The van der Waals surface area contributed by atoms with E-state index in [4.69, 9.17) is 26.1 Å². The van der Waals surface area contributed by atoms with Crippen molar-refractivity contribution >= 4 is 45.7 Å². The van der Waals surface area contributed by atoms with E-state index in [0.29, 0.717) is 11.3 Å². The smallest absolute Gasteiger partial charge is 0.252 e. The Morgan fingerprint density at radius 3 is 2.67 bits per heavy atom. The fraction of sp³-hybridized carbons (Fsp3) is 0.556. The summed E-state index contributed by atoms with van der Waals surface area (Å²) in [4.78, 5) is 50.5. The van der Waals surface area contributed by atoms with Crippen molar-refractivity contribution in [3.05, 3.63) is 34.5 Å². The number of benzene rings is 1. The number of ether oxygens (including phenoxy) is 2. The summed E-state index contributed by atoms with van der Waals surface area (Å²) >= 11 is 7.87. The van der Waals surface area contributed by atoms with Gasteiger partial charge in [0.25, 0.3) is 5.91 Å². The summed E-state index contributed by atoms with van der Waals surface area (Å²) in [6, 6.07) is 2.27. The molecule has 10 nitrogen and oxygen atoms in total. The number of halogens is 2. The number of Topliss-reactive ketones (excluding diaryl/α,β-unsaturated/α-hetero) is 1. The van der Waals surface area contributed by atoms with Gasteiger partial charge in [0.2, 0.25) is 5.91 Å². The summed E-state index contributed by atoms with van der Waals surface area (Å²) in [6.07, 6.45) is -1.31. The molecule has 40 heavy (non-hydrogen) atoms. The maximum Gasteiger partial charge on any atom is 0.252 e. The SMILES string of the molecule is COC(C)C(NC(=O)c1ccc(-c2nc(N3CCN(C)CC3)sc2C)c(F)c1)C(=O)N1CC(Cl)C2OCC(=O)C21. The second-order valence-electron chi connectivity index (χ2n) is 10.5. The molecule has 0 bridgehead atoms. The number of likely N-dealkylation sites (tertiary alicyclic amines) is 1. The van der Waals surface area contributed by atoms with Crippen molar-refractivity contribution in [1.29, 1.82) is 0 Å². The predicted octanol–water partition coefficient (Wildman–Crippen LogP) is 1.93. The lowest BCUT2D eigenvalue weighted by Gasteiger charge is -2.32. The van der Waals surface area contributed by atoms with Crippen LogP contribution in [0.2, 0.25) is 0 Å². The number of anilines is 1. The van der Waals surface area contributed by atoms with E-state index in [1.54, 1.807) is 6.92 Å². The van der Waals surface area contributed by atoms with Crippen LogP contribution in [0.25, 0.3) is 11.3 Å². The number of hydrogen-bond acceptors (Lipinski definition) is 9. The molecule has 2 amide bonds. The van der Waals surface area contributed by atoms with Gasteiger partial charge in [0.1, 0.15) is 30.6 Å². The van der Waals surface area contributed by atoms with E-state index in [1.807, 2.05) is 6.92 Å². The Bertz CT molecular complexity index is 1300. The number of carbonyl (C=O) groups is 3. The molecule has 0 aliphatic carbocycles. The first-order valence-corrected chi connectivity index (χ1v) is 14.5. The van der Waals surface area contributed by atoms with Gasteiger partial charge in [-0.15, -0.1) is 22.9 Å². The lowest BCUT2D eigenvalue weighted by atomic mass is 10.0. The number of aryl methyl sites for hydroxylation is 1. The van der Waals surface area contributed by atoms with Crippen LogP contribution < -0.4 is 10.2 Å². The van der Waals surface area contributed by atoms with Crippen LogP contribution in [0, 0.1) is 12.7 Å². The van der Waals surface area contributed by atoms with Crippen LogP contribution >= 0.6 is 22.9 Å². The fourth-order valence-corrected chi connectivity index (χ4v) is 6.69. The van der Waals surface area contributed by atoms with E-state index >= 15 is 4.39 Å². The van der Waals surface area contributed by atoms with Gasteiger partial charge in [-0.2, -0.15) is 0 Å². The molecular formula is C27H33ClFN5O5S. The third-order valence-electron chi connectivity index (χ3n) is 7.84. The van der Waals surface area contributed by atoms with Crippen molar-refractivity contribution in [1.82, 2.24) is 20.1 Å². The number of likely N-dealkylation sites (N-methyl/N-ethyl adjacent to an activating group) is 1. The van der Waals surface area contributed by atoms with Crippen LogP contribution in [-0.4, -0.2) is 116 Å². The van der Waals surface area contributed by atoms with Crippen LogP contribution in [0.15, 0.2) is 18.2 Å². The van der Waals surface area contributed by atoms with Crippen LogP contribution in [-0.2, 0) is 19.1 Å². The highest BCUT2D eigenvalue weighted by Crippen LogP contribution is 2.35. The predicted molar refractivity (Wildman–Crippen MR) is 150 cm³/mol. The monoisotopic (exact) mass is 593 g/mol. The van der Waals surface area contributed by atoms with E-state index in [0.717, 1.165) is 42.3 Å². The largest absolute Gasteiger partial charge is 0.379 e. The second kappa shape index (κ2) is 11.7. The Kier molecular flexibility index (Phi) is 8.44. The normalized spacial score (nSPS) is 24.8. The number of nitrogens with one attached hydrogen (secondary N) is 1. The zero-order valence-corrected chi connectivity index (χ0v) is 24.4.